The van der Waals surface area contributed by atoms with E-state index in [9.17, 15) is 8.96 Å². The van der Waals surface area contributed by atoms with E-state index in [2.05, 4.69) is 15.9 Å². The normalized spacial score (nSPS) is 13.5. The second kappa shape index (κ2) is 9.81. The standard InChI is InChI=1S/C22H24BrClFO3PS/c1-13(2)27-29(26,28-14(3)4)19(12-15-9-10-17(24)18(25)11-15)22-21(23)16-7-5-6-8-20(16)30-22/h5-11,13-14,19H,12H2,1-4H3. The summed E-state index contributed by atoms with van der Waals surface area (Å²) in [6.07, 6.45) is -0.310. The molecule has 1 aromatic heterocycles. The molecule has 0 saturated carbocycles. The number of hydrogen-bond donors (Lipinski definition) is 0. The largest absolute Gasteiger partial charge is 0.339 e. The molecule has 0 radical (unpaired) electrons. The van der Waals surface area contributed by atoms with Crippen LogP contribution in [0.2, 0.25) is 5.02 Å². The lowest BCUT2D eigenvalue weighted by molar-refractivity contribution is 0.136. The van der Waals surface area contributed by atoms with Crippen molar-refractivity contribution < 1.29 is 18.0 Å². The highest BCUT2D eigenvalue weighted by atomic mass is 79.9. The van der Waals surface area contributed by atoms with E-state index in [1.807, 2.05) is 52.0 Å². The van der Waals surface area contributed by atoms with Crippen molar-refractivity contribution in [2.75, 3.05) is 0 Å². The molecule has 0 fully saturated rings. The number of fused-ring (bicyclic) bond motifs is 1. The van der Waals surface area contributed by atoms with Gasteiger partial charge in [-0.3, -0.25) is 4.57 Å². The summed E-state index contributed by atoms with van der Waals surface area (Å²) < 4.78 is 42.1. The summed E-state index contributed by atoms with van der Waals surface area (Å²) in [6, 6.07) is 12.6. The Balaban J connectivity index is 2.16. The average molecular weight is 534 g/mol. The van der Waals surface area contributed by atoms with E-state index < -0.39 is 19.1 Å². The van der Waals surface area contributed by atoms with Crippen molar-refractivity contribution in [3.63, 3.8) is 0 Å². The zero-order chi connectivity index (χ0) is 22.1. The third-order valence-corrected chi connectivity index (χ3v) is 9.89. The molecule has 0 saturated heterocycles. The Hall–Kier alpha value is -0.750. The summed E-state index contributed by atoms with van der Waals surface area (Å²) in [5.41, 5.74) is 0.0702. The lowest BCUT2D eigenvalue weighted by Crippen LogP contribution is -2.15. The van der Waals surface area contributed by atoms with Gasteiger partial charge in [-0.15, -0.1) is 11.3 Å². The van der Waals surface area contributed by atoms with Crippen molar-refractivity contribution >= 4 is 56.5 Å². The minimum absolute atomic E-state index is 0.0541. The van der Waals surface area contributed by atoms with E-state index in [0.717, 1.165) is 19.4 Å². The topological polar surface area (TPSA) is 35.5 Å². The van der Waals surface area contributed by atoms with Crippen LogP contribution in [-0.2, 0) is 20.0 Å². The van der Waals surface area contributed by atoms with E-state index >= 15 is 0 Å². The van der Waals surface area contributed by atoms with Crippen molar-refractivity contribution in [2.45, 2.75) is 52.0 Å². The molecule has 0 N–H and O–H groups in total. The second-order valence-corrected chi connectivity index (χ2v) is 12.0. The number of hydrogen-bond acceptors (Lipinski definition) is 4. The Bertz CT molecular complexity index is 1070. The summed E-state index contributed by atoms with van der Waals surface area (Å²) in [5, 5.41) is 1.09. The minimum atomic E-state index is -3.61. The summed E-state index contributed by atoms with van der Waals surface area (Å²) in [4.78, 5) is 0.858. The van der Waals surface area contributed by atoms with Gasteiger partial charge in [0.15, 0.2) is 0 Å². The fourth-order valence-electron chi connectivity index (χ4n) is 3.24. The lowest BCUT2D eigenvalue weighted by atomic mass is 10.1. The van der Waals surface area contributed by atoms with Gasteiger partial charge >= 0.3 is 7.60 Å². The van der Waals surface area contributed by atoms with Gasteiger partial charge in [0.1, 0.15) is 11.5 Å². The number of halogens is 3. The fraction of sp³-hybridized carbons (Fsp3) is 0.364. The predicted octanol–water partition coefficient (Wildman–Crippen LogP) is 8.78. The van der Waals surface area contributed by atoms with Gasteiger partial charge in [0, 0.05) is 19.4 Å². The summed E-state index contributed by atoms with van der Waals surface area (Å²) >= 11 is 11.1. The zero-order valence-electron chi connectivity index (χ0n) is 17.2. The SMILES string of the molecule is CC(C)OP(=O)(OC(C)C)C(Cc1ccc(Cl)c(F)c1)c1sc2ccccc2c1Br. The van der Waals surface area contributed by atoms with E-state index in [-0.39, 0.29) is 23.7 Å². The van der Waals surface area contributed by atoms with Gasteiger partial charge in [-0.2, -0.15) is 0 Å². The fourth-order valence-corrected chi connectivity index (χ4v) is 8.53. The molecule has 1 unspecified atom stereocenters. The highest BCUT2D eigenvalue weighted by molar-refractivity contribution is 9.10. The van der Waals surface area contributed by atoms with Crippen LogP contribution in [-0.4, -0.2) is 12.2 Å². The smallest absolute Gasteiger partial charge is 0.305 e. The molecule has 162 valence electrons. The maximum Gasteiger partial charge on any atom is 0.339 e. The molecule has 0 aliphatic heterocycles. The van der Waals surface area contributed by atoms with Crippen molar-refractivity contribution in [3.05, 3.63) is 68.2 Å². The Morgan fingerprint density at radius 1 is 1.10 bits per heavy atom. The van der Waals surface area contributed by atoms with Crippen LogP contribution in [0.25, 0.3) is 10.1 Å². The summed E-state index contributed by atoms with van der Waals surface area (Å²) in [5.74, 6) is -0.507. The molecular formula is C22H24BrClFO3PS. The van der Waals surface area contributed by atoms with Crippen LogP contribution in [0.3, 0.4) is 0 Å². The van der Waals surface area contributed by atoms with Crippen LogP contribution >= 0.6 is 46.5 Å². The van der Waals surface area contributed by atoms with Gasteiger partial charge in [0.05, 0.1) is 17.2 Å². The Morgan fingerprint density at radius 2 is 1.73 bits per heavy atom. The molecule has 2 aromatic carbocycles. The van der Waals surface area contributed by atoms with Crippen LogP contribution in [0.15, 0.2) is 46.9 Å². The third-order valence-electron chi connectivity index (χ3n) is 4.37. The lowest BCUT2D eigenvalue weighted by Gasteiger charge is -2.30. The molecule has 0 bridgehead atoms. The zero-order valence-corrected chi connectivity index (χ0v) is 21.2. The van der Waals surface area contributed by atoms with Crippen molar-refractivity contribution in [3.8, 4) is 0 Å². The third kappa shape index (κ3) is 5.35. The summed E-state index contributed by atoms with van der Waals surface area (Å²) in [6.45, 7) is 7.31. The van der Waals surface area contributed by atoms with Gasteiger partial charge in [-0.1, -0.05) is 35.9 Å². The number of thiophene rings is 1. The monoisotopic (exact) mass is 532 g/mol. The molecule has 3 nitrogen and oxygen atoms in total. The van der Waals surface area contributed by atoms with Gasteiger partial charge in [0.25, 0.3) is 0 Å². The van der Waals surface area contributed by atoms with Crippen LogP contribution in [0.4, 0.5) is 4.39 Å². The minimum Gasteiger partial charge on any atom is -0.305 e. The van der Waals surface area contributed by atoms with Crippen LogP contribution in [0.5, 0.6) is 0 Å². The molecule has 0 aliphatic carbocycles. The number of benzene rings is 2. The highest BCUT2D eigenvalue weighted by Gasteiger charge is 2.41. The molecule has 30 heavy (non-hydrogen) atoms. The van der Waals surface area contributed by atoms with Crippen molar-refractivity contribution in [1.29, 1.82) is 0 Å². The summed E-state index contributed by atoms with van der Waals surface area (Å²) in [7, 11) is -3.61. The quantitative estimate of drug-likeness (QED) is 0.271. The average Bonchev–Trinajstić information content (AvgIpc) is 2.98. The van der Waals surface area contributed by atoms with Gasteiger partial charge < -0.3 is 9.05 Å². The van der Waals surface area contributed by atoms with E-state index in [0.29, 0.717) is 5.56 Å². The van der Waals surface area contributed by atoms with Crippen LogP contribution < -0.4 is 0 Å². The Labute approximate surface area is 194 Å². The van der Waals surface area contributed by atoms with E-state index in [1.54, 1.807) is 17.4 Å². The molecule has 0 spiro atoms. The van der Waals surface area contributed by atoms with Crippen molar-refractivity contribution in [1.82, 2.24) is 0 Å². The maximum absolute atomic E-state index is 14.1. The Kier molecular flexibility index (Phi) is 7.81. The molecule has 1 heterocycles. The molecule has 3 rings (SSSR count). The van der Waals surface area contributed by atoms with E-state index in [1.165, 1.54) is 12.1 Å². The first kappa shape index (κ1) is 23.9. The van der Waals surface area contributed by atoms with E-state index in [4.69, 9.17) is 20.6 Å². The van der Waals surface area contributed by atoms with Gasteiger partial charge in [0.2, 0.25) is 0 Å². The maximum atomic E-state index is 14.1. The molecule has 0 aliphatic rings. The molecule has 0 amide bonds. The highest BCUT2D eigenvalue weighted by Crippen LogP contribution is 2.66. The molecule has 1 atom stereocenters. The first-order valence-electron chi connectivity index (χ1n) is 9.68. The predicted molar refractivity (Wildman–Crippen MR) is 127 cm³/mol. The van der Waals surface area contributed by atoms with Crippen LogP contribution in [0, 0.1) is 5.82 Å². The number of rotatable bonds is 8. The molecule has 8 heteroatoms. The van der Waals surface area contributed by atoms with Gasteiger partial charge in [-0.25, -0.2) is 4.39 Å². The first-order valence-corrected chi connectivity index (χ1v) is 13.3. The molecule has 3 aromatic rings. The van der Waals surface area contributed by atoms with Crippen molar-refractivity contribution in [2.24, 2.45) is 0 Å². The first-order chi connectivity index (χ1) is 14.1. The Morgan fingerprint density at radius 3 is 2.30 bits per heavy atom. The van der Waals surface area contributed by atoms with Gasteiger partial charge in [-0.05, 0) is 73.8 Å². The van der Waals surface area contributed by atoms with Crippen LogP contribution in [0.1, 0.15) is 43.8 Å². The molecular weight excluding hydrogens is 510 g/mol. The second-order valence-electron chi connectivity index (χ2n) is 7.59.